The summed E-state index contributed by atoms with van der Waals surface area (Å²) in [5, 5.41) is 13.9. The van der Waals surface area contributed by atoms with Gasteiger partial charge in [0.1, 0.15) is 17.2 Å². The number of hydrogen-bond acceptors (Lipinski definition) is 4. The van der Waals surface area contributed by atoms with Gasteiger partial charge in [-0.1, -0.05) is 66.7 Å². The van der Waals surface area contributed by atoms with Gasteiger partial charge in [0.2, 0.25) is 0 Å². The topological polar surface area (TPSA) is 56.4 Å². The predicted octanol–water partition coefficient (Wildman–Crippen LogP) is 5.70. The van der Waals surface area contributed by atoms with Crippen LogP contribution in [0.4, 0.5) is 5.69 Å². The van der Waals surface area contributed by atoms with E-state index in [9.17, 15) is 5.26 Å². The second-order valence-corrected chi connectivity index (χ2v) is 9.24. The fourth-order valence-electron chi connectivity index (χ4n) is 5.39. The van der Waals surface area contributed by atoms with E-state index >= 15 is 0 Å². The maximum absolute atomic E-state index is 10.2. The van der Waals surface area contributed by atoms with Crippen molar-refractivity contribution < 1.29 is 0 Å². The lowest BCUT2D eigenvalue weighted by Crippen LogP contribution is -2.32. The molecular formula is C30H27N5. The standard InChI is InChI=1S/C30H27N5/c1-21-25(18-31)28-30(35-16-9-8-14-26(35)33-28)29(27(21)23-12-6-3-7-13-23)34-17-15-24(20-34)32-19-22-10-4-2-5-11-22/h2-14,16,24,32H,15,17,19-20H2,1H3/t24-/m0/s1. The van der Waals surface area contributed by atoms with Gasteiger partial charge in [-0.2, -0.15) is 5.26 Å². The molecule has 172 valence electrons. The van der Waals surface area contributed by atoms with Crippen molar-refractivity contribution in [3.05, 3.63) is 102 Å². The molecule has 0 aliphatic carbocycles. The highest BCUT2D eigenvalue weighted by Gasteiger charge is 2.30. The third-order valence-corrected chi connectivity index (χ3v) is 7.09. The molecule has 1 aliphatic rings. The minimum atomic E-state index is 0.393. The number of imidazole rings is 1. The van der Waals surface area contributed by atoms with Crippen LogP contribution in [0.15, 0.2) is 85.1 Å². The van der Waals surface area contributed by atoms with Crippen molar-refractivity contribution >= 4 is 22.4 Å². The smallest absolute Gasteiger partial charge is 0.138 e. The van der Waals surface area contributed by atoms with E-state index in [4.69, 9.17) is 4.98 Å². The molecule has 2 aromatic heterocycles. The number of fused-ring (bicyclic) bond motifs is 3. The van der Waals surface area contributed by atoms with Gasteiger partial charge >= 0.3 is 0 Å². The van der Waals surface area contributed by atoms with Gasteiger partial charge in [0.05, 0.1) is 16.8 Å². The molecule has 0 saturated carbocycles. The summed E-state index contributed by atoms with van der Waals surface area (Å²) in [7, 11) is 0. The molecule has 1 aliphatic heterocycles. The quantitative estimate of drug-likeness (QED) is 0.368. The highest BCUT2D eigenvalue weighted by molar-refractivity contribution is 6.05. The Morgan fingerprint density at radius 3 is 2.51 bits per heavy atom. The maximum atomic E-state index is 10.2. The number of anilines is 1. The number of benzene rings is 3. The Morgan fingerprint density at radius 2 is 1.74 bits per heavy atom. The molecule has 0 unspecified atom stereocenters. The number of aromatic nitrogens is 2. The molecule has 35 heavy (non-hydrogen) atoms. The van der Waals surface area contributed by atoms with Crippen LogP contribution in [0.1, 0.15) is 23.1 Å². The zero-order valence-corrected chi connectivity index (χ0v) is 19.8. The third-order valence-electron chi connectivity index (χ3n) is 7.09. The lowest BCUT2D eigenvalue weighted by molar-refractivity contribution is 0.551. The lowest BCUT2D eigenvalue weighted by Gasteiger charge is -2.26. The Hall–Kier alpha value is -4.14. The van der Waals surface area contributed by atoms with E-state index in [1.54, 1.807) is 0 Å². The van der Waals surface area contributed by atoms with Crippen LogP contribution in [0.2, 0.25) is 0 Å². The van der Waals surface area contributed by atoms with Crippen molar-refractivity contribution in [2.75, 3.05) is 18.0 Å². The van der Waals surface area contributed by atoms with Crippen LogP contribution in [0, 0.1) is 18.3 Å². The third kappa shape index (κ3) is 3.73. The van der Waals surface area contributed by atoms with Crippen LogP contribution in [0.3, 0.4) is 0 Å². The van der Waals surface area contributed by atoms with Gasteiger partial charge in [-0.25, -0.2) is 4.98 Å². The molecule has 3 heterocycles. The molecule has 5 heteroatoms. The van der Waals surface area contributed by atoms with Crippen LogP contribution >= 0.6 is 0 Å². The van der Waals surface area contributed by atoms with Gasteiger partial charge in [-0.05, 0) is 42.2 Å². The van der Waals surface area contributed by atoms with E-state index in [0.717, 1.165) is 59.4 Å². The van der Waals surface area contributed by atoms with Crippen molar-refractivity contribution in [3.63, 3.8) is 0 Å². The van der Waals surface area contributed by atoms with E-state index in [1.807, 2.05) is 24.3 Å². The van der Waals surface area contributed by atoms with E-state index < -0.39 is 0 Å². The first-order chi connectivity index (χ1) is 17.2. The van der Waals surface area contributed by atoms with Crippen molar-refractivity contribution in [2.45, 2.75) is 25.9 Å². The molecule has 0 radical (unpaired) electrons. The molecule has 1 N–H and O–H groups in total. The minimum absolute atomic E-state index is 0.393. The Bertz CT molecular complexity index is 1550. The number of nitrogens with one attached hydrogen (secondary N) is 1. The van der Waals surface area contributed by atoms with Gasteiger partial charge in [0, 0.05) is 37.4 Å². The first-order valence-electron chi connectivity index (χ1n) is 12.2. The summed E-state index contributed by atoms with van der Waals surface area (Å²) < 4.78 is 2.14. The largest absolute Gasteiger partial charge is 0.368 e. The molecule has 1 saturated heterocycles. The highest BCUT2D eigenvalue weighted by Crippen LogP contribution is 2.43. The normalized spacial score (nSPS) is 15.7. The maximum Gasteiger partial charge on any atom is 0.138 e. The predicted molar refractivity (Wildman–Crippen MR) is 141 cm³/mol. The highest BCUT2D eigenvalue weighted by atomic mass is 15.2. The van der Waals surface area contributed by atoms with Crippen molar-refractivity contribution in [1.82, 2.24) is 14.7 Å². The number of pyridine rings is 1. The Kier molecular flexibility index (Phi) is 5.44. The second-order valence-electron chi connectivity index (χ2n) is 9.24. The SMILES string of the molecule is Cc1c(-c2ccccc2)c(N2CC[C@H](NCc3ccccc3)C2)c2c(nc3ccccn32)c1C#N. The van der Waals surface area contributed by atoms with Crippen LogP contribution in [-0.2, 0) is 6.54 Å². The number of nitriles is 1. The summed E-state index contributed by atoms with van der Waals surface area (Å²) in [4.78, 5) is 7.40. The van der Waals surface area contributed by atoms with Crippen molar-refractivity contribution in [1.29, 1.82) is 5.26 Å². The van der Waals surface area contributed by atoms with Gasteiger partial charge in [-0.3, -0.25) is 4.40 Å². The summed E-state index contributed by atoms with van der Waals surface area (Å²) in [6, 6.07) is 29.9. The molecular weight excluding hydrogens is 430 g/mol. The zero-order valence-electron chi connectivity index (χ0n) is 19.8. The molecule has 5 aromatic rings. The number of hydrogen-bond donors (Lipinski definition) is 1. The first-order valence-corrected chi connectivity index (χ1v) is 12.2. The zero-order chi connectivity index (χ0) is 23.8. The fraction of sp³-hybridized carbons (Fsp3) is 0.200. The van der Waals surface area contributed by atoms with Crippen molar-refractivity contribution in [3.8, 4) is 17.2 Å². The average molecular weight is 458 g/mol. The summed E-state index contributed by atoms with van der Waals surface area (Å²) in [6.45, 7) is 4.79. The molecule has 5 nitrogen and oxygen atoms in total. The Morgan fingerprint density at radius 1 is 1.00 bits per heavy atom. The molecule has 0 amide bonds. The van der Waals surface area contributed by atoms with E-state index in [1.165, 1.54) is 11.3 Å². The fourth-order valence-corrected chi connectivity index (χ4v) is 5.39. The molecule has 3 aromatic carbocycles. The summed E-state index contributed by atoms with van der Waals surface area (Å²) in [5.74, 6) is 0. The number of nitrogens with zero attached hydrogens (tertiary/aromatic N) is 4. The summed E-state index contributed by atoms with van der Waals surface area (Å²) in [5.41, 5.74) is 9.04. The molecule has 6 rings (SSSR count). The van der Waals surface area contributed by atoms with Crippen LogP contribution in [-0.4, -0.2) is 28.5 Å². The van der Waals surface area contributed by atoms with E-state index in [-0.39, 0.29) is 0 Å². The molecule has 1 fully saturated rings. The molecule has 0 spiro atoms. The first kappa shape index (κ1) is 21.4. The van der Waals surface area contributed by atoms with E-state index in [2.05, 4.69) is 88.4 Å². The lowest BCUT2D eigenvalue weighted by atomic mass is 9.92. The minimum Gasteiger partial charge on any atom is -0.368 e. The van der Waals surface area contributed by atoms with Crippen LogP contribution in [0.25, 0.3) is 27.8 Å². The summed E-state index contributed by atoms with van der Waals surface area (Å²) >= 11 is 0. The summed E-state index contributed by atoms with van der Waals surface area (Å²) in [6.07, 6.45) is 3.12. The van der Waals surface area contributed by atoms with Crippen molar-refractivity contribution in [2.24, 2.45) is 0 Å². The monoisotopic (exact) mass is 457 g/mol. The molecule has 1 atom stereocenters. The molecule has 0 bridgehead atoms. The van der Waals surface area contributed by atoms with Gasteiger partial charge < -0.3 is 10.2 Å². The van der Waals surface area contributed by atoms with Gasteiger partial charge in [-0.15, -0.1) is 0 Å². The van der Waals surface area contributed by atoms with Crippen LogP contribution in [0.5, 0.6) is 0 Å². The number of rotatable bonds is 5. The van der Waals surface area contributed by atoms with E-state index in [0.29, 0.717) is 11.6 Å². The van der Waals surface area contributed by atoms with Crippen LogP contribution < -0.4 is 10.2 Å². The Labute approximate surface area is 205 Å². The Balaban J connectivity index is 1.50. The average Bonchev–Trinajstić information content (AvgIpc) is 3.53. The van der Waals surface area contributed by atoms with Gasteiger partial charge in [0.15, 0.2) is 0 Å². The van der Waals surface area contributed by atoms with Gasteiger partial charge in [0.25, 0.3) is 0 Å². The second kappa shape index (κ2) is 8.90.